The summed E-state index contributed by atoms with van der Waals surface area (Å²) < 4.78 is 0. The first-order chi connectivity index (χ1) is 6.29. The van der Waals surface area contributed by atoms with Gasteiger partial charge in [-0.15, -0.1) is 0 Å². The van der Waals surface area contributed by atoms with Crippen LogP contribution in [0.3, 0.4) is 0 Å². The first kappa shape index (κ1) is 9.26. The molecule has 1 fully saturated rings. The number of hydrogen-bond acceptors (Lipinski definition) is 1. The van der Waals surface area contributed by atoms with Crippen LogP contribution in [0.2, 0.25) is 0 Å². The van der Waals surface area contributed by atoms with Crippen molar-refractivity contribution in [2.75, 3.05) is 0 Å². The molecular weight excluding hydrogens is 160 g/mol. The van der Waals surface area contributed by atoms with E-state index in [9.17, 15) is 5.11 Å². The third kappa shape index (κ3) is 2.14. The lowest BCUT2D eigenvalue weighted by Crippen LogP contribution is -2.22. The van der Waals surface area contributed by atoms with Gasteiger partial charge in [-0.2, -0.15) is 0 Å². The molecule has 0 aromatic rings. The number of hydrogen-bond donors (Lipinski definition) is 1. The number of aliphatic hydroxyl groups is 1. The van der Waals surface area contributed by atoms with Crippen LogP contribution in [0.4, 0.5) is 0 Å². The monoisotopic (exact) mass is 180 g/mol. The van der Waals surface area contributed by atoms with E-state index in [1.165, 1.54) is 37.7 Å². The lowest BCUT2D eigenvalue weighted by atomic mass is 9.87. The van der Waals surface area contributed by atoms with Crippen molar-refractivity contribution in [3.05, 3.63) is 11.6 Å². The van der Waals surface area contributed by atoms with Crippen molar-refractivity contribution in [2.24, 2.45) is 11.8 Å². The van der Waals surface area contributed by atoms with Crippen LogP contribution in [0.15, 0.2) is 11.6 Å². The van der Waals surface area contributed by atoms with Gasteiger partial charge in [0.2, 0.25) is 0 Å². The molecular formula is C12H20O. The normalized spacial score (nSPS) is 28.0. The summed E-state index contributed by atoms with van der Waals surface area (Å²) in [5.74, 6) is 1.32. The molecule has 2 aliphatic rings. The van der Waals surface area contributed by atoms with Crippen molar-refractivity contribution in [1.82, 2.24) is 0 Å². The van der Waals surface area contributed by atoms with Gasteiger partial charge in [-0.25, -0.2) is 0 Å². The Kier molecular flexibility index (Phi) is 2.73. The van der Waals surface area contributed by atoms with Gasteiger partial charge in [0.15, 0.2) is 0 Å². The molecule has 0 aromatic heterocycles. The lowest BCUT2D eigenvalue weighted by Gasteiger charge is -2.23. The quantitative estimate of drug-likeness (QED) is 0.662. The van der Waals surface area contributed by atoms with Crippen LogP contribution < -0.4 is 0 Å². The van der Waals surface area contributed by atoms with E-state index in [1.54, 1.807) is 0 Å². The minimum Gasteiger partial charge on any atom is -0.388 e. The number of rotatable bonds is 3. The highest BCUT2D eigenvalue weighted by molar-refractivity contribution is 5.12. The summed E-state index contributed by atoms with van der Waals surface area (Å²) in [6.07, 6.45) is 9.73. The Hall–Kier alpha value is -0.300. The van der Waals surface area contributed by atoms with Gasteiger partial charge in [-0.1, -0.05) is 13.0 Å². The van der Waals surface area contributed by atoms with Crippen LogP contribution in [0.25, 0.3) is 0 Å². The summed E-state index contributed by atoms with van der Waals surface area (Å²) in [6.45, 7) is 2.21. The highest BCUT2D eigenvalue weighted by Gasteiger charge is 2.33. The van der Waals surface area contributed by atoms with Gasteiger partial charge in [0.1, 0.15) is 0 Å². The van der Waals surface area contributed by atoms with Crippen molar-refractivity contribution < 1.29 is 5.11 Å². The maximum atomic E-state index is 10.1. The zero-order chi connectivity index (χ0) is 9.26. The molecule has 74 valence electrons. The fourth-order valence-corrected chi connectivity index (χ4v) is 2.35. The fraction of sp³-hybridized carbons (Fsp3) is 0.833. The van der Waals surface area contributed by atoms with Crippen molar-refractivity contribution in [2.45, 2.75) is 51.6 Å². The number of allylic oxidation sites excluding steroid dienone is 1. The van der Waals surface area contributed by atoms with E-state index in [2.05, 4.69) is 13.0 Å². The third-order valence-electron chi connectivity index (χ3n) is 3.57. The van der Waals surface area contributed by atoms with Gasteiger partial charge < -0.3 is 5.11 Å². The predicted octanol–water partition coefficient (Wildman–Crippen LogP) is 2.89. The van der Waals surface area contributed by atoms with Crippen LogP contribution >= 0.6 is 0 Å². The SMILES string of the molecule is CC(C1CC1)C(O)C1=CCCCC1. The second kappa shape index (κ2) is 3.83. The molecule has 0 amide bonds. The minimum atomic E-state index is -0.132. The van der Waals surface area contributed by atoms with E-state index in [1.807, 2.05) is 0 Å². The van der Waals surface area contributed by atoms with E-state index in [0.717, 1.165) is 12.3 Å². The molecule has 1 saturated carbocycles. The maximum absolute atomic E-state index is 10.1. The summed E-state index contributed by atoms with van der Waals surface area (Å²) in [4.78, 5) is 0. The van der Waals surface area contributed by atoms with E-state index in [4.69, 9.17) is 0 Å². The molecule has 0 bridgehead atoms. The van der Waals surface area contributed by atoms with Crippen molar-refractivity contribution in [1.29, 1.82) is 0 Å². The maximum Gasteiger partial charge on any atom is 0.0778 e. The average Bonchev–Trinajstić information content (AvgIpc) is 3.00. The topological polar surface area (TPSA) is 20.2 Å². The molecule has 1 N–H and O–H groups in total. The van der Waals surface area contributed by atoms with E-state index in [0.29, 0.717) is 5.92 Å². The Morgan fingerprint density at radius 1 is 1.38 bits per heavy atom. The summed E-state index contributed by atoms with van der Waals surface area (Å²) >= 11 is 0. The zero-order valence-electron chi connectivity index (χ0n) is 8.50. The Morgan fingerprint density at radius 2 is 2.15 bits per heavy atom. The first-order valence-corrected chi connectivity index (χ1v) is 5.66. The van der Waals surface area contributed by atoms with Gasteiger partial charge in [0, 0.05) is 0 Å². The first-order valence-electron chi connectivity index (χ1n) is 5.66. The Morgan fingerprint density at radius 3 is 2.69 bits per heavy atom. The zero-order valence-corrected chi connectivity index (χ0v) is 8.50. The molecule has 13 heavy (non-hydrogen) atoms. The minimum absolute atomic E-state index is 0.132. The molecule has 0 radical (unpaired) electrons. The van der Waals surface area contributed by atoms with Gasteiger partial charge in [0.05, 0.1) is 6.10 Å². The Labute approximate surface area is 80.8 Å². The number of aliphatic hydroxyl groups excluding tert-OH is 1. The Bertz CT molecular complexity index is 203. The van der Waals surface area contributed by atoms with Crippen LogP contribution in [-0.4, -0.2) is 11.2 Å². The molecule has 0 saturated heterocycles. The largest absolute Gasteiger partial charge is 0.388 e. The second-order valence-corrected chi connectivity index (χ2v) is 4.67. The van der Waals surface area contributed by atoms with Gasteiger partial charge in [-0.05, 0) is 55.9 Å². The standard InChI is InChI=1S/C12H20O/c1-9(10-7-8-10)12(13)11-5-3-2-4-6-11/h5,9-10,12-13H,2-4,6-8H2,1H3. The van der Waals surface area contributed by atoms with Gasteiger partial charge in [-0.3, -0.25) is 0 Å². The van der Waals surface area contributed by atoms with Gasteiger partial charge in [0.25, 0.3) is 0 Å². The summed E-state index contributed by atoms with van der Waals surface area (Å²) in [6, 6.07) is 0. The molecule has 2 unspecified atom stereocenters. The molecule has 1 heteroatoms. The molecule has 2 aliphatic carbocycles. The highest BCUT2D eigenvalue weighted by Crippen LogP contribution is 2.40. The smallest absolute Gasteiger partial charge is 0.0778 e. The summed E-state index contributed by atoms with van der Waals surface area (Å²) in [5.41, 5.74) is 1.32. The van der Waals surface area contributed by atoms with Crippen molar-refractivity contribution in [3.63, 3.8) is 0 Å². The lowest BCUT2D eigenvalue weighted by molar-refractivity contribution is 0.133. The molecule has 0 aliphatic heterocycles. The van der Waals surface area contributed by atoms with Crippen molar-refractivity contribution >= 4 is 0 Å². The van der Waals surface area contributed by atoms with Crippen LogP contribution in [-0.2, 0) is 0 Å². The summed E-state index contributed by atoms with van der Waals surface area (Å²) in [7, 11) is 0. The van der Waals surface area contributed by atoms with Crippen molar-refractivity contribution in [3.8, 4) is 0 Å². The molecule has 0 aromatic carbocycles. The van der Waals surface area contributed by atoms with Crippen LogP contribution in [0, 0.1) is 11.8 Å². The van der Waals surface area contributed by atoms with Gasteiger partial charge >= 0.3 is 0 Å². The molecule has 2 atom stereocenters. The third-order valence-corrected chi connectivity index (χ3v) is 3.57. The van der Waals surface area contributed by atoms with E-state index < -0.39 is 0 Å². The highest BCUT2D eigenvalue weighted by atomic mass is 16.3. The molecule has 0 heterocycles. The van der Waals surface area contributed by atoms with E-state index >= 15 is 0 Å². The van der Waals surface area contributed by atoms with Crippen LogP contribution in [0.5, 0.6) is 0 Å². The predicted molar refractivity (Wildman–Crippen MR) is 54.4 cm³/mol. The molecule has 1 nitrogen and oxygen atoms in total. The average molecular weight is 180 g/mol. The fourth-order valence-electron chi connectivity index (χ4n) is 2.35. The molecule has 0 spiro atoms. The summed E-state index contributed by atoms with van der Waals surface area (Å²) in [5, 5.41) is 10.1. The van der Waals surface area contributed by atoms with Crippen LogP contribution in [0.1, 0.15) is 45.4 Å². The van der Waals surface area contributed by atoms with E-state index in [-0.39, 0.29) is 6.10 Å². The molecule has 2 rings (SSSR count). The Balaban J connectivity index is 1.93. The second-order valence-electron chi connectivity index (χ2n) is 4.67.